The van der Waals surface area contributed by atoms with E-state index in [0.717, 1.165) is 17.3 Å². The van der Waals surface area contributed by atoms with Gasteiger partial charge in [-0.1, -0.05) is 26.2 Å². The first-order valence-corrected chi connectivity index (χ1v) is 7.93. The van der Waals surface area contributed by atoms with Gasteiger partial charge in [-0.2, -0.15) is 4.37 Å². The molecule has 108 valence electrons. The van der Waals surface area contributed by atoms with Crippen molar-refractivity contribution in [2.45, 2.75) is 59.0 Å². The van der Waals surface area contributed by atoms with Crippen LogP contribution >= 0.6 is 11.5 Å². The molecule has 0 unspecified atom stereocenters. The Morgan fingerprint density at radius 1 is 1.37 bits per heavy atom. The maximum absolute atomic E-state index is 5.87. The van der Waals surface area contributed by atoms with E-state index >= 15 is 0 Å². The molecule has 4 nitrogen and oxygen atoms in total. The molecule has 0 saturated heterocycles. The number of anilines is 2. The van der Waals surface area contributed by atoms with Gasteiger partial charge in [0.15, 0.2) is 16.6 Å². The second-order valence-corrected chi connectivity index (χ2v) is 6.89. The lowest BCUT2D eigenvalue weighted by molar-refractivity contribution is 0.231. The van der Waals surface area contributed by atoms with Crippen LogP contribution < -0.4 is 15.8 Å². The zero-order chi connectivity index (χ0) is 13.9. The highest BCUT2D eigenvalue weighted by molar-refractivity contribution is 7.11. The van der Waals surface area contributed by atoms with Gasteiger partial charge in [0.05, 0.1) is 6.10 Å². The molecule has 0 bridgehead atoms. The summed E-state index contributed by atoms with van der Waals surface area (Å²) in [6.45, 7) is 7.35. The molecular formula is C14H25N3OS. The average Bonchev–Trinajstić information content (AvgIpc) is 2.69. The van der Waals surface area contributed by atoms with Crippen LogP contribution in [0.25, 0.3) is 0 Å². The molecule has 3 N–H and O–H groups in total. The standard InChI is InChI=1S/C14H25N3OS/c1-10(2)18-11-12(15)17-19-13(11)16-9-14(3)7-5-4-6-8-14/h10,16H,4-9H2,1-3H3,(H2,15,17). The van der Waals surface area contributed by atoms with Crippen molar-refractivity contribution < 1.29 is 4.74 Å². The van der Waals surface area contributed by atoms with Crippen molar-refractivity contribution >= 4 is 22.4 Å². The quantitative estimate of drug-likeness (QED) is 0.860. The van der Waals surface area contributed by atoms with Crippen LogP contribution in [-0.4, -0.2) is 17.0 Å². The van der Waals surface area contributed by atoms with Gasteiger partial charge in [-0.05, 0) is 43.6 Å². The van der Waals surface area contributed by atoms with Crippen LogP contribution in [0.5, 0.6) is 5.75 Å². The van der Waals surface area contributed by atoms with Crippen LogP contribution in [0.3, 0.4) is 0 Å². The van der Waals surface area contributed by atoms with Gasteiger partial charge in [-0.25, -0.2) is 0 Å². The Balaban J connectivity index is 1.99. The predicted molar refractivity (Wildman–Crippen MR) is 82.0 cm³/mol. The molecule has 1 aliphatic carbocycles. The maximum Gasteiger partial charge on any atom is 0.197 e. The van der Waals surface area contributed by atoms with E-state index in [4.69, 9.17) is 10.5 Å². The molecular weight excluding hydrogens is 258 g/mol. The van der Waals surface area contributed by atoms with Crippen LogP contribution in [0.4, 0.5) is 10.8 Å². The first-order valence-electron chi connectivity index (χ1n) is 7.16. The Morgan fingerprint density at radius 3 is 2.68 bits per heavy atom. The minimum absolute atomic E-state index is 0.115. The fourth-order valence-corrected chi connectivity index (χ4v) is 3.28. The smallest absolute Gasteiger partial charge is 0.197 e. The van der Waals surface area contributed by atoms with E-state index in [9.17, 15) is 0 Å². The van der Waals surface area contributed by atoms with Crippen molar-refractivity contribution in [2.75, 3.05) is 17.6 Å². The summed E-state index contributed by atoms with van der Waals surface area (Å²) in [5, 5.41) is 4.47. The minimum atomic E-state index is 0.115. The van der Waals surface area contributed by atoms with Gasteiger partial charge >= 0.3 is 0 Å². The van der Waals surface area contributed by atoms with E-state index < -0.39 is 0 Å². The summed E-state index contributed by atoms with van der Waals surface area (Å²) in [4.78, 5) is 0. The predicted octanol–water partition coefficient (Wildman–Crippen LogP) is 3.89. The normalized spacial score (nSPS) is 18.5. The number of ether oxygens (including phenoxy) is 1. The third-order valence-electron chi connectivity index (χ3n) is 3.76. The maximum atomic E-state index is 5.87. The fourth-order valence-electron chi connectivity index (χ4n) is 2.63. The van der Waals surface area contributed by atoms with Crippen molar-refractivity contribution in [3.05, 3.63) is 0 Å². The average molecular weight is 283 g/mol. The summed E-state index contributed by atoms with van der Waals surface area (Å²) in [6.07, 6.45) is 6.79. The van der Waals surface area contributed by atoms with Crippen LogP contribution in [0, 0.1) is 5.41 Å². The van der Waals surface area contributed by atoms with Crippen LogP contribution in [0.1, 0.15) is 52.9 Å². The highest BCUT2D eigenvalue weighted by atomic mass is 32.1. The molecule has 1 fully saturated rings. The third-order valence-corrected chi connectivity index (χ3v) is 4.56. The number of nitrogen functional groups attached to an aromatic ring is 1. The number of hydrogen-bond acceptors (Lipinski definition) is 5. The number of hydrogen-bond donors (Lipinski definition) is 2. The molecule has 0 amide bonds. The Morgan fingerprint density at radius 2 is 2.05 bits per heavy atom. The van der Waals surface area contributed by atoms with Crippen molar-refractivity contribution in [3.63, 3.8) is 0 Å². The molecule has 1 aliphatic rings. The number of nitrogens with one attached hydrogen (secondary N) is 1. The SMILES string of the molecule is CC(C)Oc1c(N)nsc1NCC1(C)CCCCC1. The molecule has 2 rings (SSSR count). The number of nitrogens with two attached hydrogens (primary N) is 1. The van der Waals surface area contributed by atoms with Gasteiger partial charge in [-0.15, -0.1) is 0 Å². The molecule has 19 heavy (non-hydrogen) atoms. The zero-order valence-corrected chi connectivity index (χ0v) is 13.0. The third kappa shape index (κ3) is 3.75. The summed E-state index contributed by atoms with van der Waals surface area (Å²) in [5.74, 6) is 1.22. The lowest BCUT2D eigenvalue weighted by Crippen LogP contribution is -2.28. The molecule has 5 heteroatoms. The Labute approximate surface area is 119 Å². The van der Waals surface area contributed by atoms with Crippen molar-refractivity contribution in [2.24, 2.45) is 5.41 Å². The first-order chi connectivity index (χ1) is 9.00. The van der Waals surface area contributed by atoms with Crippen LogP contribution in [0.2, 0.25) is 0 Å². The molecule has 1 saturated carbocycles. The van der Waals surface area contributed by atoms with Gasteiger partial charge in [0.25, 0.3) is 0 Å². The number of rotatable bonds is 5. The van der Waals surface area contributed by atoms with Crippen molar-refractivity contribution in [1.82, 2.24) is 4.37 Å². The summed E-state index contributed by atoms with van der Waals surface area (Å²) in [7, 11) is 0. The number of aromatic nitrogens is 1. The van der Waals surface area contributed by atoms with Crippen molar-refractivity contribution in [3.8, 4) is 5.75 Å². The van der Waals surface area contributed by atoms with Gasteiger partial charge < -0.3 is 15.8 Å². The first kappa shape index (κ1) is 14.4. The second kappa shape index (κ2) is 5.99. The molecule has 0 aliphatic heterocycles. The fraction of sp³-hybridized carbons (Fsp3) is 0.786. The lowest BCUT2D eigenvalue weighted by atomic mass is 9.76. The Kier molecular flexibility index (Phi) is 4.55. The van der Waals surface area contributed by atoms with Gasteiger partial charge in [0, 0.05) is 6.54 Å². The summed E-state index contributed by atoms with van der Waals surface area (Å²) < 4.78 is 9.94. The minimum Gasteiger partial charge on any atom is -0.484 e. The molecule has 1 aromatic rings. The molecule has 1 heterocycles. The van der Waals surface area contributed by atoms with E-state index in [-0.39, 0.29) is 6.10 Å². The zero-order valence-electron chi connectivity index (χ0n) is 12.2. The van der Waals surface area contributed by atoms with Crippen LogP contribution in [0.15, 0.2) is 0 Å². The lowest BCUT2D eigenvalue weighted by Gasteiger charge is -2.33. The monoisotopic (exact) mass is 283 g/mol. The second-order valence-electron chi connectivity index (χ2n) is 6.12. The van der Waals surface area contributed by atoms with E-state index in [1.807, 2.05) is 13.8 Å². The largest absolute Gasteiger partial charge is 0.484 e. The highest BCUT2D eigenvalue weighted by Gasteiger charge is 2.27. The Bertz CT molecular complexity index is 411. The van der Waals surface area contributed by atoms with Crippen LogP contribution in [-0.2, 0) is 0 Å². The molecule has 0 spiro atoms. The van der Waals surface area contributed by atoms with Gasteiger partial charge in [0.1, 0.15) is 0 Å². The number of nitrogens with zero attached hydrogens (tertiary/aromatic N) is 1. The van der Waals surface area contributed by atoms with E-state index in [1.165, 1.54) is 43.6 Å². The molecule has 0 atom stereocenters. The van der Waals surface area contributed by atoms with Gasteiger partial charge in [0.2, 0.25) is 0 Å². The van der Waals surface area contributed by atoms with Gasteiger partial charge in [-0.3, -0.25) is 0 Å². The molecule has 0 aromatic carbocycles. The highest BCUT2D eigenvalue weighted by Crippen LogP contribution is 2.39. The summed E-state index contributed by atoms with van der Waals surface area (Å²) >= 11 is 1.39. The van der Waals surface area contributed by atoms with E-state index in [2.05, 4.69) is 16.6 Å². The molecule has 1 aromatic heterocycles. The topological polar surface area (TPSA) is 60.2 Å². The Hall–Kier alpha value is -0.970. The van der Waals surface area contributed by atoms with E-state index in [0.29, 0.717) is 11.2 Å². The summed E-state index contributed by atoms with van der Waals surface area (Å²) in [6, 6.07) is 0. The van der Waals surface area contributed by atoms with E-state index in [1.54, 1.807) is 0 Å². The summed E-state index contributed by atoms with van der Waals surface area (Å²) in [5.41, 5.74) is 6.26. The van der Waals surface area contributed by atoms with Crippen molar-refractivity contribution in [1.29, 1.82) is 0 Å². The molecule has 0 radical (unpaired) electrons.